The van der Waals surface area contributed by atoms with Crippen molar-refractivity contribution in [2.24, 2.45) is 0 Å². The lowest BCUT2D eigenvalue weighted by Gasteiger charge is -2.20. The van der Waals surface area contributed by atoms with Gasteiger partial charge < -0.3 is 5.10 Å². The van der Waals surface area contributed by atoms with Gasteiger partial charge >= 0.3 is 0 Å². The standard InChI is InChI=1S/C14H16N4/c1-2-4-9(5-3-1)13-12-10-6-7-15-14(10)16-8-11(12)17-18-13/h6-9,17-18H,1-5H2. The molecule has 0 spiro atoms. The maximum Gasteiger partial charge on any atom is 0.159 e. The molecule has 4 heteroatoms. The molecule has 2 N–H and O–H groups in total. The Labute approximate surface area is 105 Å². The summed E-state index contributed by atoms with van der Waals surface area (Å²) in [4.78, 5) is 8.66. The van der Waals surface area contributed by atoms with Crippen LogP contribution in [0.4, 0.5) is 0 Å². The summed E-state index contributed by atoms with van der Waals surface area (Å²) in [6.45, 7) is 0. The van der Waals surface area contributed by atoms with E-state index in [9.17, 15) is 0 Å². The molecule has 3 aromatic heterocycles. The molecule has 3 aromatic rings. The summed E-state index contributed by atoms with van der Waals surface area (Å²) < 4.78 is 0. The number of nitrogens with one attached hydrogen (secondary N) is 2. The van der Waals surface area contributed by atoms with E-state index in [4.69, 9.17) is 0 Å². The van der Waals surface area contributed by atoms with Crippen LogP contribution in [0.15, 0.2) is 18.5 Å². The predicted octanol–water partition coefficient (Wildman–Crippen LogP) is 3.49. The zero-order chi connectivity index (χ0) is 11.9. The van der Waals surface area contributed by atoms with Crippen LogP contribution in [0.5, 0.6) is 0 Å². The van der Waals surface area contributed by atoms with E-state index < -0.39 is 0 Å². The molecular weight excluding hydrogens is 224 g/mol. The third kappa shape index (κ3) is 1.38. The Bertz CT molecular complexity index is 688. The first-order valence-corrected chi connectivity index (χ1v) is 6.73. The van der Waals surface area contributed by atoms with Crippen molar-refractivity contribution in [3.8, 4) is 0 Å². The zero-order valence-electron chi connectivity index (χ0n) is 10.2. The maximum atomic E-state index is 4.37. The van der Waals surface area contributed by atoms with E-state index in [1.165, 1.54) is 48.6 Å². The molecule has 0 aromatic carbocycles. The fourth-order valence-electron chi connectivity index (χ4n) is 3.24. The number of pyridine rings is 1. The van der Waals surface area contributed by atoms with Gasteiger partial charge in [0.1, 0.15) is 0 Å². The summed E-state index contributed by atoms with van der Waals surface area (Å²) in [5.74, 6) is 0.660. The van der Waals surface area contributed by atoms with Crippen molar-refractivity contribution < 1.29 is 0 Å². The highest BCUT2D eigenvalue weighted by Gasteiger charge is 2.21. The van der Waals surface area contributed by atoms with Crippen LogP contribution in [-0.2, 0) is 0 Å². The lowest BCUT2D eigenvalue weighted by molar-refractivity contribution is 0.438. The Morgan fingerprint density at radius 3 is 2.83 bits per heavy atom. The number of aromatic nitrogens is 4. The van der Waals surface area contributed by atoms with Gasteiger partial charge in [0.15, 0.2) is 5.65 Å². The number of hydrogen-bond donors (Lipinski definition) is 2. The van der Waals surface area contributed by atoms with Crippen LogP contribution in [0.1, 0.15) is 43.7 Å². The van der Waals surface area contributed by atoms with E-state index in [1.807, 2.05) is 12.4 Å². The Hall–Kier alpha value is -1.84. The molecule has 4 rings (SSSR count). The van der Waals surface area contributed by atoms with Crippen LogP contribution in [0.25, 0.3) is 21.9 Å². The molecule has 0 amide bonds. The first-order valence-electron chi connectivity index (χ1n) is 6.73. The van der Waals surface area contributed by atoms with Gasteiger partial charge in [-0.15, -0.1) is 0 Å². The maximum absolute atomic E-state index is 4.37. The monoisotopic (exact) mass is 240 g/mol. The van der Waals surface area contributed by atoms with Gasteiger partial charge in [0, 0.05) is 28.6 Å². The highest BCUT2D eigenvalue weighted by Crippen LogP contribution is 2.36. The molecule has 92 valence electrons. The third-order valence-corrected chi connectivity index (χ3v) is 4.15. The van der Waals surface area contributed by atoms with Gasteiger partial charge in [-0.05, 0) is 18.9 Å². The Morgan fingerprint density at radius 2 is 1.94 bits per heavy atom. The lowest BCUT2D eigenvalue weighted by atomic mass is 9.85. The van der Waals surface area contributed by atoms with Gasteiger partial charge in [-0.3, -0.25) is 5.10 Å². The van der Waals surface area contributed by atoms with E-state index in [2.05, 4.69) is 26.2 Å². The van der Waals surface area contributed by atoms with Crippen molar-refractivity contribution in [3.05, 3.63) is 24.2 Å². The molecule has 4 nitrogen and oxygen atoms in total. The van der Waals surface area contributed by atoms with Crippen LogP contribution < -0.4 is 0 Å². The number of aromatic amines is 2. The summed E-state index contributed by atoms with van der Waals surface area (Å²) in [5, 5.41) is 9.09. The predicted molar refractivity (Wildman–Crippen MR) is 71.6 cm³/mol. The molecule has 1 saturated carbocycles. The molecule has 3 heterocycles. The van der Waals surface area contributed by atoms with Crippen LogP contribution in [0.2, 0.25) is 0 Å². The normalized spacial score (nSPS) is 17.8. The van der Waals surface area contributed by atoms with Crippen LogP contribution >= 0.6 is 0 Å². The van der Waals surface area contributed by atoms with Gasteiger partial charge in [0.05, 0.1) is 11.7 Å². The average molecular weight is 240 g/mol. The number of rotatable bonds is 1. The highest BCUT2D eigenvalue weighted by atomic mass is 15.1. The Balaban J connectivity index is 1.96. The van der Waals surface area contributed by atoms with Crippen LogP contribution in [0, 0.1) is 0 Å². The van der Waals surface area contributed by atoms with Crippen molar-refractivity contribution >= 4 is 21.9 Å². The summed E-state index contributed by atoms with van der Waals surface area (Å²) in [6.07, 6.45) is 10.4. The molecule has 1 fully saturated rings. The average Bonchev–Trinajstić information content (AvgIpc) is 3.05. The molecular formula is C14H16N4. The molecule has 0 aliphatic heterocycles. The summed E-state index contributed by atoms with van der Waals surface area (Å²) >= 11 is 0. The van der Waals surface area contributed by atoms with Crippen molar-refractivity contribution in [1.82, 2.24) is 20.2 Å². The highest BCUT2D eigenvalue weighted by molar-refractivity contribution is 6.04. The Kier molecular flexibility index (Phi) is 2.15. The van der Waals surface area contributed by atoms with Crippen molar-refractivity contribution in [2.45, 2.75) is 38.0 Å². The summed E-state index contributed by atoms with van der Waals surface area (Å²) in [7, 11) is 0. The minimum atomic E-state index is 0.660. The molecule has 18 heavy (non-hydrogen) atoms. The fraction of sp³-hybridized carbons (Fsp3) is 0.429. The van der Waals surface area contributed by atoms with E-state index in [-0.39, 0.29) is 0 Å². The van der Waals surface area contributed by atoms with E-state index >= 15 is 0 Å². The minimum absolute atomic E-state index is 0.660. The molecule has 1 aliphatic carbocycles. The first-order chi connectivity index (χ1) is 8.93. The van der Waals surface area contributed by atoms with Crippen LogP contribution in [-0.4, -0.2) is 20.2 Å². The molecule has 0 unspecified atom stereocenters. The molecule has 0 saturated heterocycles. The topological polar surface area (TPSA) is 57.4 Å². The molecule has 0 bridgehead atoms. The van der Waals surface area contributed by atoms with Crippen molar-refractivity contribution in [1.29, 1.82) is 0 Å². The summed E-state index contributed by atoms with van der Waals surface area (Å²) in [6, 6.07) is 2.07. The summed E-state index contributed by atoms with van der Waals surface area (Å²) in [5.41, 5.74) is 3.30. The zero-order valence-corrected chi connectivity index (χ0v) is 10.2. The largest absolute Gasteiger partial charge is 0.304 e. The van der Waals surface area contributed by atoms with Crippen LogP contribution in [0.3, 0.4) is 0 Å². The first kappa shape index (κ1) is 10.1. The smallest absolute Gasteiger partial charge is 0.159 e. The molecule has 0 atom stereocenters. The van der Waals surface area contributed by atoms with Gasteiger partial charge in [-0.25, -0.2) is 9.97 Å². The lowest BCUT2D eigenvalue weighted by Crippen LogP contribution is -2.05. The van der Waals surface area contributed by atoms with Gasteiger partial charge in [-0.1, -0.05) is 19.3 Å². The number of H-pyrrole nitrogens is 2. The van der Waals surface area contributed by atoms with Crippen molar-refractivity contribution in [2.75, 3.05) is 0 Å². The second-order valence-electron chi connectivity index (χ2n) is 5.23. The molecule has 0 radical (unpaired) electrons. The van der Waals surface area contributed by atoms with Gasteiger partial charge in [0.25, 0.3) is 0 Å². The van der Waals surface area contributed by atoms with Gasteiger partial charge in [-0.2, -0.15) is 0 Å². The SMILES string of the molecule is c1cc2c(n1)ncc1[nH][nH]c(C3CCCCC3)c12. The second kappa shape index (κ2) is 3.83. The van der Waals surface area contributed by atoms with E-state index in [1.54, 1.807) is 0 Å². The Morgan fingerprint density at radius 1 is 1.06 bits per heavy atom. The number of fused-ring (bicyclic) bond motifs is 3. The van der Waals surface area contributed by atoms with Crippen molar-refractivity contribution in [3.63, 3.8) is 0 Å². The third-order valence-electron chi connectivity index (χ3n) is 4.15. The fourth-order valence-corrected chi connectivity index (χ4v) is 3.24. The van der Waals surface area contributed by atoms with Gasteiger partial charge in [0.2, 0.25) is 0 Å². The minimum Gasteiger partial charge on any atom is -0.304 e. The van der Waals surface area contributed by atoms with E-state index in [0.29, 0.717) is 5.92 Å². The second-order valence-corrected chi connectivity index (χ2v) is 5.23. The molecule has 1 aliphatic rings. The number of hydrogen-bond acceptors (Lipinski definition) is 2. The number of nitrogens with zero attached hydrogens (tertiary/aromatic N) is 2. The quantitative estimate of drug-likeness (QED) is 0.684. The van der Waals surface area contributed by atoms with E-state index in [0.717, 1.165) is 11.2 Å².